The average Bonchev–Trinajstić information content (AvgIpc) is 2.18. The van der Waals surface area contributed by atoms with E-state index < -0.39 is 0 Å². The number of benzene rings is 1. The van der Waals surface area contributed by atoms with Crippen LogP contribution < -0.4 is 5.32 Å². The van der Waals surface area contributed by atoms with Gasteiger partial charge < -0.3 is 5.32 Å². The van der Waals surface area contributed by atoms with Crippen LogP contribution in [0.3, 0.4) is 0 Å². The average molecular weight is 189 g/mol. The predicted octanol–water partition coefficient (Wildman–Crippen LogP) is 3.09. The Balaban J connectivity index is 2.21. The van der Waals surface area contributed by atoms with Gasteiger partial charge in [-0.3, -0.25) is 0 Å². The maximum absolute atomic E-state index is 3.38. The van der Waals surface area contributed by atoms with Crippen molar-refractivity contribution >= 4 is 6.08 Å². The fraction of sp³-hybridized carbons (Fsp3) is 0.385. The lowest BCUT2D eigenvalue weighted by molar-refractivity contribution is 0.595. The Morgan fingerprint density at radius 2 is 1.93 bits per heavy atom. The van der Waals surface area contributed by atoms with E-state index in [2.05, 4.69) is 55.6 Å². The number of rotatable bonds is 5. The first-order valence-corrected chi connectivity index (χ1v) is 5.24. The van der Waals surface area contributed by atoms with E-state index in [9.17, 15) is 0 Å². The predicted molar refractivity (Wildman–Crippen MR) is 63.2 cm³/mol. The molecule has 1 heteroatoms. The van der Waals surface area contributed by atoms with E-state index >= 15 is 0 Å². The van der Waals surface area contributed by atoms with Crippen LogP contribution in [-0.4, -0.2) is 12.6 Å². The summed E-state index contributed by atoms with van der Waals surface area (Å²) in [6.07, 6.45) is 5.47. The van der Waals surface area contributed by atoms with Gasteiger partial charge in [-0.05, 0) is 18.5 Å². The summed E-state index contributed by atoms with van der Waals surface area (Å²) in [6, 6.07) is 11.0. The molecule has 1 aromatic rings. The minimum absolute atomic E-state index is 0.583. The highest BCUT2D eigenvalue weighted by Crippen LogP contribution is 2.01. The summed E-state index contributed by atoms with van der Waals surface area (Å²) in [6.45, 7) is 5.39. The maximum Gasteiger partial charge on any atom is 0.00105 e. The molecule has 0 aromatic heterocycles. The molecule has 1 nitrogen and oxygen atoms in total. The molecular weight excluding hydrogens is 170 g/mol. The highest BCUT2D eigenvalue weighted by Gasteiger charge is 1.88. The first-order chi connectivity index (χ1) is 6.79. The molecule has 1 aromatic carbocycles. The molecule has 0 atom stereocenters. The van der Waals surface area contributed by atoms with Crippen molar-refractivity contribution in [1.29, 1.82) is 0 Å². The van der Waals surface area contributed by atoms with Gasteiger partial charge in [0, 0.05) is 6.04 Å². The lowest BCUT2D eigenvalue weighted by Gasteiger charge is -2.04. The third kappa shape index (κ3) is 4.83. The van der Waals surface area contributed by atoms with Crippen molar-refractivity contribution in [1.82, 2.24) is 5.32 Å². The zero-order valence-corrected chi connectivity index (χ0v) is 9.03. The number of hydrogen-bond acceptors (Lipinski definition) is 1. The Labute approximate surface area is 86.8 Å². The smallest absolute Gasteiger partial charge is 0.00105 e. The SMILES string of the molecule is CC(C)NCC/C=C\c1ccccc1. The van der Waals surface area contributed by atoms with Gasteiger partial charge in [-0.1, -0.05) is 56.3 Å². The molecule has 76 valence electrons. The van der Waals surface area contributed by atoms with Gasteiger partial charge in [0.2, 0.25) is 0 Å². The van der Waals surface area contributed by atoms with Crippen molar-refractivity contribution in [3.8, 4) is 0 Å². The Kier molecular flexibility index (Phi) is 5.02. The summed E-state index contributed by atoms with van der Waals surface area (Å²) in [7, 11) is 0. The lowest BCUT2D eigenvalue weighted by atomic mass is 10.2. The monoisotopic (exact) mass is 189 g/mol. The fourth-order valence-electron chi connectivity index (χ4n) is 1.24. The summed E-state index contributed by atoms with van der Waals surface area (Å²) >= 11 is 0. The molecule has 1 rings (SSSR count). The molecule has 1 N–H and O–H groups in total. The van der Waals surface area contributed by atoms with Crippen LogP contribution >= 0.6 is 0 Å². The summed E-state index contributed by atoms with van der Waals surface area (Å²) in [4.78, 5) is 0. The maximum atomic E-state index is 3.38. The molecule has 0 amide bonds. The Morgan fingerprint density at radius 3 is 2.57 bits per heavy atom. The second-order valence-electron chi connectivity index (χ2n) is 3.71. The molecule has 0 saturated carbocycles. The van der Waals surface area contributed by atoms with E-state index in [1.807, 2.05) is 6.07 Å². The summed E-state index contributed by atoms with van der Waals surface area (Å²) < 4.78 is 0. The number of hydrogen-bond donors (Lipinski definition) is 1. The van der Waals surface area contributed by atoms with Gasteiger partial charge in [-0.25, -0.2) is 0 Å². The highest BCUT2D eigenvalue weighted by molar-refractivity contribution is 5.48. The van der Waals surface area contributed by atoms with E-state index in [4.69, 9.17) is 0 Å². The second kappa shape index (κ2) is 6.39. The molecule has 0 aliphatic rings. The largest absolute Gasteiger partial charge is 0.314 e. The first-order valence-electron chi connectivity index (χ1n) is 5.24. The second-order valence-corrected chi connectivity index (χ2v) is 3.71. The van der Waals surface area contributed by atoms with Crippen LogP contribution in [0.5, 0.6) is 0 Å². The molecule has 0 heterocycles. The van der Waals surface area contributed by atoms with Gasteiger partial charge in [0.05, 0.1) is 0 Å². The summed E-state index contributed by atoms with van der Waals surface area (Å²) in [5.41, 5.74) is 1.28. The van der Waals surface area contributed by atoms with Crippen molar-refractivity contribution in [2.24, 2.45) is 0 Å². The minimum atomic E-state index is 0.583. The van der Waals surface area contributed by atoms with Gasteiger partial charge in [0.1, 0.15) is 0 Å². The number of nitrogens with one attached hydrogen (secondary N) is 1. The third-order valence-electron chi connectivity index (χ3n) is 1.97. The molecule has 0 aliphatic heterocycles. The molecule has 0 saturated heterocycles. The van der Waals surface area contributed by atoms with Crippen LogP contribution in [-0.2, 0) is 0 Å². The van der Waals surface area contributed by atoms with Gasteiger partial charge in [-0.15, -0.1) is 0 Å². The highest BCUT2D eigenvalue weighted by atomic mass is 14.9. The Bertz CT molecular complexity index is 262. The van der Waals surface area contributed by atoms with Gasteiger partial charge in [0.15, 0.2) is 0 Å². The third-order valence-corrected chi connectivity index (χ3v) is 1.97. The Morgan fingerprint density at radius 1 is 1.21 bits per heavy atom. The minimum Gasteiger partial charge on any atom is -0.314 e. The quantitative estimate of drug-likeness (QED) is 0.702. The van der Waals surface area contributed by atoms with Gasteiger partial charge in [-0.2, -0.15) is 0 Å². The fourth-order valence-corrected chi connectivity index (χ4v) is 1.24. The van der Waals surface area contributed by atoms with Crippen LogP contribution in [0.15, 0.2) is 36.4 Å². The summed E-state index contributed by atoms with van der Waals surface area (Å²) in [5.74, 6) is 0. The van der Waals surface area contributed by atoms with E-state index in [1.165, 1.54) is 5.56 Å². The lowest BCUT2D eigenvalue weighted by Crippen LogP contribution is -2.23. The van der Waals surface area contributed by atoms with Crippen LogP contribution in [0.4, 0.5) is 0 Å². The van der Waals surface area contributed by atoms with Crippen molar-refractivity contribution in [2.45, 2.75) is 26.3 Å². The standard InChI is InChI=1S/C13H19N/c1-12(2)14-11-7-6-10-13-8-4-3-5-9-13/h3-6,8-10,12,14H,7,11H2,1-2H3/b10-6-. The van der Waals surface area contributed by atoms with Crippen molar-refractivity contribution in [2.75, 3.05) is 6.54 Å². The molecule has 0 bridgehead atoms. The molecular formula is C13H19N. The normalized spacial score (nSPS) is 11.4. The van der Waals surface area contributed by atoms with Gasteiger partial charge in [0.25, 0.3) is 0 Å². The molecule has 0 radical (unpaired) electrons. The molecule has 0 fully saturated rings. The molecule has 0 spiro atoms. The van der Waals surface area contributed by atoms with E-state index in [-0.39, 0.29) is 0 Å². The molecule has 14 heavy (non-hydrogen) atoms. The van der Waals surface area contributed by atoms with Crippen LogP contribution in [0.1, 0.15) is 25.8 Å². The van der Waals surface area contributed by atoms with Crippen molar-refractivity contribution < 1.29 is 0 Å². The van der Waals surface area contributed by atoms with E-state index in [0.29, 0.717) is 6.04 Å². The Hall–Kier alpha value is -1.08. The van der Waals surface area contributed by atoms with Crippen LogP contribution in [0, 0.1) is 0 Å². The molecule has 0 aliphatic carbocycles. The summed E-state index contributed by atoms with van der Waals surface area (Å²) in [5, 5.41) is 3.38. The zero-order valence-electron chi connectivity index (χ0n) is 9.03. The van der Waals surface area contributed by atoms with E-state index in [0.717, 1.165) is 13.0 Å². The van der Waals surface area contributed by atoms with Crippen LogP contribution in [0.2, 0.25) is 0 Å². The van der Waals surface area contributed by atoms with Gasteiger partial charge >= 0.3 is 0 Å². The topological polar surface area (TPSA) is 12.0 Å². The first kappa shape index (κ1) is 11.0. The van der Waals surface area contributed by atoms with Crippen LogP contribution in [0.25, 0.3) is 6.08 Å². The van der Waals surface area contributed by atoms with E-state index in [1.54, 1.807) is 0 Å². The van der Waals surface area contributed by atoms with Crippen molar-refractivity contribution in [3.05, 3.63) is 42.0 Å². The zero-order chi connectivity index (χ0) is 10.2. The molecule has 0 unspecified atom stereocenters. The van der Waals surface area contributed by atoms with Crippen molar-refractivity contribution in [3.63, 3.8) is 0 Å².